The molecule has 0 rings (SSSR count). The van der Waals surface area contributed by atoms with Crippen LogP contribution in [-0.4, -0.2) is 56.5 Å². The predicted molar refractivity (Wildman–Crippen MR) is 59.0 cm³/mol. The Kier molecular flexibility index (Phi) is 6.49. The van der Waals surface area contributed by atoms with Crippen LogP contribution in [0.25, 0.3) is 0 Å². The van der Waals surface area contributed by atoms with Crippen molar-refractivity contribution in [2.24, 2.45) is 11.7 Å². The molecule has 0 bridgehead atoms. The molecule has 0 aromatic rings. The minimum atomic E-state index is -0.0562. The number of nitrogens with zero attached hydrogens (tertiary/aromatic N) is 2. The SMILES string of the molecule is CC(CN)C(=O)N(C)CCCN(C)C. The van der Waals surface area contributed by atoms with Crippen LogP contribution in [0.4, 0.5) is 0 Å². The van der Waals surface area contributed by atoms with E-state index in [1.807, 2.05) is 28.1 Å². The zero-order valence-corrected chi connectivity index (χ0v) is 9.79. The zero-order chi connectivity index (χ0) is 11.1. The average Bonchev–Trinajstić information content (AvgIpc) is 2.14. The molecule has 0 radical (unpaired) electrons. The van der Waals surface area contributed by atoms with Crippen molar-refractivity contribution in [3.05, 3.63) is 0 Å². The number of hydrogen-bond donors (Lipinski definition) is 1. The van der Waals surface area contributed by atoms with Crippen LogP contribution in [0.5, 0.6) is 0 Å². The van der Waals surface area contributed by atoms with E-state index >= 15 is 0 Å². The average molecular weight is 201 g/mol. The van der Waals surface area contributed by atoms with Gasteiger partial charge >= 0.3 is 0 Å². The van der Waals surface area contributed by atoms with Gasteiger partial charge in [-0.3, -0.25) is 4.79 Å². The van der Waals surface area contributed by atoms with Crippen molar-refractivity contribution >= 4 is 5.91 Å². The van der Waals surface area contributed by atoms with Gasteiger partial charge in [0.1, 0.15) is 0 Å². The van der Waals surface area contributed by atoms with Crippen molar-refractivity contribution in [1.29, 1.82) is 0 Å². The fourth-order valence-electron chi connectivity index (χ4n) is 1.21. The van der Waals surface area contributed by atoms with E-state index in [-0.39, 0.29) is 11.8 Å². The van der Waals surface area contributed by atoms with Crippen LogP contribution in [0.1, 0.15) is 13.3 Å². The number of carbonyl (C=O) groups excluding carboxylic acids is 1. The van der Waals surface area contributed by atoms with Crippen LogP contribution in [0.2, 0.25) is 0 Å². The third-order valence-corrected chi connectivity index (χ3v) is 2.25. The Morgan fingerprint density at radius 2 is 1.86 bits per heavy atom. The fraction of sp³-hybridized carbons (Fsp3) is 0.900. The molecule has 1 amide bonds. The van der Waals surface area contributed by atoms with Crippen LogP contribution in [0, 0.1) is 5.92 Å². The first kappa shape index (κ1) is 13.4. The van der Waals surface area contributed by atoms with Crippen molar-refractivity contribution in [1.82, 2.24) is 9.80 Å². The van der Waals surface area contributed by atoms with Gasteiger partial charge in [-0.05, 0) is 27.1 Å². The molecule has 1 unspecified atom stereocenters. The van der Waals surface area contributed by atoms with Crippen molar-refractivity contribution in [3.63, 3.8) is 0 Å². The van der Waals surface area contributed by atoms with Crippen molar-refractivity contribution < 1.29 is 4.79 Å². The molecule has 1 atom stereocenters. The van der Waals surface area contributed by atoms with Gasteiger partial charge in [-0.1, -0.05) is 6.92 Å². The van der Waals surface area contributed by atoms with Gasteiger partial charge in [0, 0.05) is 26.1 Å². The zero-order valence-electron chi connectivity index (χ0n) is 9.79. The summed E-state index contributed by atoms with van der Waals surface area (Å²) in [6.07, 6.45) is 1.01. The number of nitrogens with two attached hydrogens (primary N) is 1. The molecule has 0 saturated carbocycles. The first-order chi connectivity index (χ1) is 6.49. The van der Waals surface area contributed by atoms with Gasteiger partial charge in [0.2, 0.25) is 5.91 Å². The maximum absolute atomic E-state index is 11.6. The number of carbonyl (C=O) groups is 1. The maximum Gasteiger partial charge on any atom is 0.226 e. The summed E-state index contributed by atoms with van der Waals surface area (Å²) in [5.41, 5.74) is 5.43. The Morgan fingerprint density at radius 1 is 1.29 bits per heavy atom. The molecular weight excluding hydrogens is 178 g/mol. The quantitative estimate of drug-likeness (QED) is 0.657. The summed E-state index contributed by atoms with van der Waals surface area (Å²) >= 11 is 0. The highest BCUT2D eigenvalue weighted by Gasteiger charge is 2.14. The summed E-state index contributed by atoms with van der Waals surface area (Å²) in [5, 5.41) is 0. The van der Waals surface area contributed by atoms with E-state index < -0.39 is 0 Å². The standard InChI is InChI=1S/C10H23N3O/c1-9(8-11)10(14)13(4)7-5-6-12(2)3/h9H,5-8,11H2,1-4H3. The molecule has 0 aromatic heterocycles. The molecule has 0 fully saturated rings. The Balaban J connectivity index is 3.73. The summed E-state index contributed by atoms with van der Waals surface area (Å²) in [4.78, 5) is 15.5. The highest BCUT2D eigenvalue weighted by molar-refractivity contribution is 5.78. The summed E-state index contributed by atoms with van der Waals surface area (Å²) in [6.45, 7) is 4.11. The Morgan fingerprint density at radius 3 is 2.29 bits per heavy atom. The number of rotatable bonds is 6. The summed E-state index contributed by atoms with van der Waals surface area (Å²) in [5.74, 6) is 0.0885. The lowest BCUT2D eigenvalue weighted by Gasteiger charge is -2.21. The fourth-order valence-corrected chi connectivity index (χ4v) is 1.21. The van der Waals surface area contributed by atoms with Crippen LogP contribution in [0.3, 0.4) is 0 Å². The Labute approximate surface area is 87.0 Å². The minimum absolute atomic E-state index is 0.0562. The van der Waals surface area contributed by atoms with Gasteiger partial charge < -0.3 is 15.5 Å². The highest BCUT2D eigenvalue weighted by Crippen LogP contribution is 1.99. The summed E-state index contributed by atoms with van der Waals surface area (Å²) in [6, 6.07) is 0. The number of hydrogen-bond acceptors (Lipinski definition) is 3. The smallest absolute Gasteiger partial charge is 0.226 e. The second-order valence-electron chi connectivity index (χ2n) is 4.05. The lowest BCUT2D eigenvalue weighted by molar-refractivity contribution is -0.133. The normalized spacial score (nSPS) is 13.0. The van der Waals surface area contributed by atoms with Crippen molar-refractivity contribution in [3.8, 4) is 0 Å². The van der Waals surface area contributed by atoms with Gasteiger partial charge in [-0.15, -0.1) is 0 Å². The molecule has 0 spiro atoms. The van der Waals surface area contributed by atoms with Gasteiger partial charge in [0.05, 0.1) is 0 Å². The molecule has 0 aliphatic carbocycles. The van der Waals surface area contributed by atoms with E-state index in [4.69, 9.17) is 5.73 Å². The maximum atomic E-state index is 11.6. The van der Waals surface area contributed by atoms with Crippen LogP contribution in [0.15, 0.2) is 0 Å². The van der Waals surface area contributed by atoms with Gasteiger partial charge in [0.15, 0.2) is 0 Å². The third kappa shape index (κ3) is 5.19. The topological polar surface area (TPSA) is 49.6 Å². The van der Waals surface area contributed by atoms with E-state index in [0.717, 1.165) is 19.5 Å². The lowest BCUT2D eigenvalue weighted by Crippen LogP contribution is -2.36. The third-order valence-electron chi connectivity index (χ3n) is 2.25. The van der Waals surface area contributed by atoms with E-state index in [1.54, 1.807) is 4.90 Å². The molecular formula is C10H23N3O. The first-order valence-electron chi connectivity index (χ1n) is 5.08. The molecule has 0 aromatic carbocycles. The summed E-state index contributed by atoms with van der Waals surface area (Å²) in [7, 11) is 5.90. The van der Waals surface area contributed by atoms with Crippen LogP contribution >= 0.6 is 0 Å². The van der Waals surface area contributed by atoms with Crippen LogP contribution in [-0.2, 0) is 4.79 Å². The molecule has 2 N–H and O–H groups in total. The van der Waals surface area contributed by atoms with E-state index in [2.05, 4.69) is 4.90 Å². The molecule has 4 heteroatoms. The van der Waals surface area contributed by atoms with Gasteiger partial charge in [0.25, 0.3) is 0 Å². The molecule has 4 nitrogen and oxygen atoms in total. The minimum Gasteiger partial charge on any atom is -0.345 e. The van der Waals surface area contributed by atoms with Gasteiger partial charge in [-0.2, -0.15) is 0 Å². The molecule has 0 heterocycles. The Hall–Kier alpha value is -0.610. The molecule has 0 aliphatic heterocycles. The molecule has 84 valence electrons. The second-order valence-corrected chi connectivity index (χ2v) is 4.05. The molecule has 0 aliphatic rings. The molecule has 14 heavy (non-hydrogen) atoms. The van der Waals surface area contributed by atoms with E-state index in [9.17, 15) is 4.79 Å². The van der Waals surface area contributed by atoms with E-state index in [0.29, 0.717) is 6.54 Å². The largest absolute Gasteiger partial charge is 0.345 e. The summed E-state index contributed by atoms with van der Waals surface area (Å²) < 4.78 is 0. The first-order valence-corrected chi connectivity index (χ1v) is 5.08. The lowest BCUT2D eigenvalue weighted by atomic mass is 10.1. The monoisotopic (exact) mass is 201 g/mol. The molecule has 0 saturated heterocycles. The second kappa shape index (κ2) is 6.79. The van der Waals surface area contributed by atoms with Crippen LogP contribution < -0.4 is 5.73 Å². The van der Waals surface area contributed by atoms with Crippen molar-refractivity contribution in [2.45, 2.75) is 13.3 Å². The number of amides is 1. The van der Waals surface area contributed by atoms with Gasteiger partial charge in [-0.25, -0.2) is 0 Å². The van der Waals surface area contributed by atoms with E-state index in [1.165, 1.54) is 0 Å². The van der Waals surface area contributed by atoms with Crippen molar-refractivity contribution in [2.75, 3.05) is 40.8 Å². The predicted octanol–water partition coefficient (Wildman–Crippen LogP) is -0.00870. The Bertz CT molecular complexity index is 171. The highest BCUT2D eigenvalue weighted by atomic mass is 16.2.